The molecule has 138 valence electrons. The summed E-state index contributed by atoms with van der Waals surface area (Å²) in [5.41, 5.74) is 0.610. The van der Waals surface area contributed by atoms with E-state index < -0.39 is 0 Å². The van der Waals surface area contributed by atoms with Crippen molar-refractivity contribution in [1.29, 1.82) is 0 Å². The second-order valence-corrected chi connectivity index (χ2v) is 7.32. The van der Waals surface area contributed by atoms with Gasteiger partial charge in [0.25, 0.3) is 5.91 Å². The SMILES string of the molecule is COc1ccc(C(=O)N2CC(N3CC(C(=O)NC4CC4)CC3=O)C2)cc1. The van der Waals surface area contributed by atoms with Crippen LogP contribution in [0.5, 0.6) is 5.75 Å². The van der Waals surface area contributed by atoms with Crippen molar-refractivity contribution in [1.82, 2.24) is 15.1 Å². The Labute approximate surface area is 152 Å². The van der Waals surface area contributed by atoms with Crippen LogP contribution in [0.25, 0.3) is 0 Å². The van der Waals surface area contributed by atoms with Crippen molar-refractivity contribution in [3.05, 3.63) is 29.8 Å². The van der Waals surface area contributed by atoms with Gasteiger partial charge in [0.15, 0.2) is 0 Å². The van der Waals surface area contributed by atoms with Crippen LogP contribution in [0.1, 0.15) is 29.6 Å². The summed E-state index contributed by atoms with van der Waals surface area (Å²) >= 11 is 0. The van der Waals surface area contributed by atoms with E-state index in [1.807, 2.05) is 0 Å². The maximum absolute atomic E-state index is 12.5. The molecule has 2 heterocycles. The van der Waals surface area contributed by atoms with E-state index in [1.54, 1.807) is 41.2 Å². The Kier molecular flexibility index (Phi) is 4.30. The summed E-state index contributed by atoms with van der Waals surface area (Å²) in [5.74, 6) is 0.422. The highest BCUT2D eigenvalue weighted by molar-refractivity contribution is 5.95. The van der Waals surface area contributed by atoms with Crippen molar-refractivity contribution in [2.24, 2.45) is 5.92 Å². The molecule has 26 heavy (non-hydrogen) atoms. The molecule has 0 bridgehead atoms. The molecule has 0 spiro atoms. The van der Waals surface area contributed by atoms with Gasteiger partial charge < -0.3 is 19.9 Å². The summed E-state index contributed by atoms with van der Waals surface area (Å²) in [7, 11) is 1.59. The highest BCUT2D eigenvalue weighted by Gasteiger charge is 2.44. The second-order valence-electron chi connectivity index (χ2n) is 7.32. The van der Waals surface area contributed by atoms with Gasteiger partial charge in [-0.05, 0) is 37.1 Å². The number of carbonyl (C=O) groups excluding carboxylic acids is 3. The molecule has 4 rings (SSSR count). The van der Waals surface area contributed by atoms with Crippen LogP contribution in [0.15, 0.2) is 24.3 Å². The summed E-state index contributed by atoms with van der Waals surface area (Å²) in [6.07, 6.45) is 2.36. The van der Waals surface area contributed by atoms with Gasteiger partial charge in [-0.2, -0.15) is 0 Å². The van der Waals surface area contributed by atoms with Crippen LogP contribution in [0, 0.1) is 5.92 Å². The molecule has 0 radical (unpaired) electrons. The quantitative estimate of drug-likeness (QED) is 0.839. The van der Waals surface area contributed by atoms with Crippen molar-refractivity contribution in [3.63, 3.8) is 0 Å². The lowest BCUT2D eigenvalue weighted by molar-refractivity contribution is -0.132. The molecule has 1 atom stereocenters. The number of hydrogen-bond donors (Lipinski definition) is 1. The van der Waals surface area contributed by atoms with Crippen LogP contribution in [0.4, 0.5) is 0 Å². The van der Waals surface area contributed by atoms with Crippen LogP contribution in [-0.4, -0.2) is 66.3 Å². The second kappa shape index (κ2) is 6.63. The number of likely N-dealkylation sites (tertiary alicyclic amines) is 2. The van der Waals surface area contributed by atoms with Gasteiger partial charge in [-0.15, -0.1) is 0 Å². The Balaban J connectivity index is 1.30. The zero-order chi connectivity index (χ0) is 18.3. The highest BCUT2D eigenvalue weighted by atomic mass is 16.5. The Morgan fingerprint density at radius 1 is 1.12 bits per heavy atom. The van der Waals surface area contributed by atoms with E-state index in [9.17, 15) is 14.4 Å². The Morgan fingerprint density at radius 3 is 2.42 bits per heavy atom. The number of nitrogens with one attached hydrogen (secondary N) is 1. The maximum atomic E-state index is 12.5. The summed E-state index contributed by atoms with van der Waals surface area (Å²) < 4.78 is 5.10. The van der Waals surface area contributed by atoms with E-state index in [-0.39, 0.29) is 36.1 Å². The third-order valence-electron chi connectivity index (χ3n) is 5.38. The fourth-order valence-electron chi connectivity index (χ4n) is 3.54. The Morgan fingerprint density at radius 2 is 1.81 bits per heavy atom. The first-order valence-electron chi connectivity index (χ1n) is 9.08. The van der Waals surface area contributed by atoms with E-state index in [0.717, 1.165) is 12.8 Å². The molecule has 7 heteroatoms. The lowest BCUT2D eigenvalue weighted by Crippen LogP contribution is -2.61. The molecule has 3 aliphatic rings. The number of benzene rings is 1. The van der Waals surface area contributed by atoms with Gasteiger partial charge in [-0.25, -0.2) is 0 Å². The van der Waals surface area contributed by atoms with Gasteiger partial charge in [-0.3, -0.25) is 14.4 Å². The smallest absolute Gasteiger partial charge is 0.254 e. The summed E-state index contributed by atoms with van der Waals surface area (Å²) in [6.45, 7) is 1.51. The Hall–Kier alpha value is -2.57. The van der Waals surface area contributed by atoms with E-state index in [4.69, 9.17) is 4.74 Å². The van der Waals surface area contributed by atoms with Crippen molar-refractivity contribution >= 4 is 17.7 Å². The number of carbonyl (C=O) groups is 3. The fraction of sp³-hybridized carbons (Fsp3) is 0.526. The van der Waals surface area contributed by atoms with Crippen LogP contribution in [-0.2, 0) is 9.59 Å². The minimum absolute atomic E-state index is 0.00570. The molecule has 3 amide bonds. The van der Waals surface area contributed by atoms with Crippen molar-refractivity contribution in [3.8, 4) is 5.75 Å². The number of ether oxygens (including phenoxy) is 1. The lowest BCUT2D eigenvalue weighted by Gasteiger charge is -2.44. The molecular weight excluding hydrogens is 334 g/mol. The van der Waals surface area contributed by atoms with Crippen molar-refractivity contribution in [2.75, 3.05) is 26.7 Å². The number of amides is 3. The van der Waals surface area contributed by atoms with Gasteiger partial charge in [0.2, 0.25) is 11.8 Å². The minimum atomic E-state index is -0.255. The molecule has 1 aliphatic carbocycles. The van der Waals surface area contributed by atoms with E-state index in [0.29, 0.717) is 37.0 Å². The molecule has 1 N–H and O–H groups in total. The average molecular weight is 357 g/mol. The molecule has 1 unspecified atom stereocenters. The van der Waals surface area contributed by atoms with Crippen LogP contribution in [0.3, 0.4) is 0 Å². The Bertz CT molecular complexity index is 723. The first-order chi connectivity index (χ1) is 12.5. The van der Waals surface area contributed by atoms with Crippen LogP contribution in [0.2, 0.25) is 0 Å². The molecule has 2 saturated heterocycles. The van der Waals surface area contributed by atoms with Gasteiger partial charge in [0.1, 0.15) is 5.75 Å². The average Bonchev–Trinajstić information content (AvgIpc) is 3.34. The molecule has 2 aliphatic heterocycles. The first kappa shape index (κ1) is 16.9. The molecule has 0 aromatic heterocycles. The normalized spacial score (nSPS) is 23.0. The van der Waals surface area contributed by atoms with Gasteiger partial charge in [0, 0.05) is 37.7 Å². The summed E-state index contributed by atoms with van der Waals surface area (Å²) in [6, 6.07) is 7.34. The zero-order valence-electron chi connectivity index (χ0n) is 14.8. The summed E-state index contributed by atoms with van der Waals surface area (Å²) in [5, 5.41) is 2.98. The maximum Gasteiger partial charge on any atom is 0.254 e. The molecule has 3 fully saturated rings. The summed E-state index contributed by atoms with van der Waals surface area (Å²) in [4.78, 5) is 40.4. The lowest BCUT2D eigenvalue weighted by atomic mass is 10.0. The number of nitrogens with zero attached hydrogens (tertiary/aromatic N) is 2. The third-order valence-corrected chi connectivity index (χ3v) is 5.38. The molecule has 1 aromatic carbocycles. The van der Waals surface area contributed by atoms with Crippen LogP contribution < -0.4 is 10.1 Å². The predicted octanol–water partition coefficient (Wildman–Crippen LogP) is 0.647. The molecule has 1 saturated carbocycles. The minimum Gasteiger partial charge on any atom is -0.497 e. The van der Waals surface area contributed by atoms with Crippen LogP contribution >= 0.6 is 0 Å². The molecular formula is C19H23N3O4. The standard InChI is InChI=1S/C19H23N3O4/c1-26-16-6-2-12(3-7-16)19(25)21-10-15(11-21)22-9-13(8-17(22)23)18(24)20-14-4-5-14/h2-3,6-7,13-15H,4-5,8-11H2,1H3,(H,20,24). The first-order valence-corrected chi connectivity index (χ1v) is 9.08. The van der Waals surface area contributed by atoms with Gasteiger partial charge >= 0.3 is 0 Å². The monoisotopic (exact) mass is 357 g/mol. The topological polar surface area (TPSA) is 79.0 Å². The molecule has 7 nitrogen and oxygen atoms in total. The van der Waals surface area contributed by atoms with E-state index >= 15 is 0 Å². The van der Waals surface area contributed by atoms with Gasteiger partial charge in [-0.1, -0.05) is 0 Å². The highest BCUT2D eigenvalue weighted by Crippen LogP contribution is 2.27. The van der Waals surface area contributed by atoms with E-state index in [1.165, 1.54) is 0 Å². The third kappa shape index (κ3) is 3.25. The number of hydrogen-bond acceptors (Lipinski definition) is 4. The zero-order valence-corrected chi connectivity index (χ0v) is 14.8. The largest absolute Gasteiger partial charge is 0.497 e. The molecule has 1 aromatic rings. The van der Waals surface area contributed by atoms with Gasteiger partial charge in [0.05, 0.1) is 19.1 Å². The predicted molar refractivity (Wildman–Crippen MR) is 93.7 cm³/mol. The fourth-order valence-corrected chi connectivity index (χ4v) is 3.54. The number of methoxy groups -OCH3 is 1. The van der Waals surface area contributed by atoms with Crippen molar-refractivity contribution in [2.45, 2.75) is 31.3 Å². The van der Waals surface area contributed by atoms with Crippen molar-refractivity contribution < 1.29 is 19.1 Å². The number of rotatable bonds is 5. The van der Waals surface area contributed by atoms with E-state index in [2.05, 4.69) is 5.32 Å².